The van der Waals surface area contributed by atoms with Crippen LogP contribution < -0.4 is 4.74 Å². The van der Waals surface area contributed by atoms with E-state index in [9.17, 15) is 9.59 Å². The Labute approximate surface area is 198 Å². The smallest absolute Gasteiger partial charge is 0.334 e. The molecule has 0 radical (unpaired) electrons. The molecule has 0 N–H and O–H groups in total. The van der Waals surface area contributed by atoms with Gasteiger partial charge in [0.05, 0.1) is 0 Å². The number of carbonyl (C=O) groups excluding carboxylic acids is 2. The zero-order chi connectivity index (χ0) is 23.4. The number of benzene rings is 4. The van der Waals surface area contributed by atoms with Crippen LogP contribution in [0.25, 0.3) is 10.8 Å². The number of esters is 2. The summed E-state index contributed by atoms with van der Waals surface area (Å²) in [5, 5.41) is 2.07. The highest BCUT2D eigenvalue weighted by Crippen LogP contribution is 2.42. The standard InChI is InChI=1S/C30H24O4/c31-28(33-21-22-9-3-1-4-10-22)25-17-18-30(20-25,26-13-5-2-6-14-26)29(32)34-27-16-15-23-11-7-8-12-24(23)19-27/h1-17,19H,18,20-21H2/t30-/m0/s1. The minimum absolute atomic E-state index is 0.191. The molecular weight excluding hydrogens is 424 g/mol. The summed E-state index contributed by atoms with van der Waals surface area (Å²) in [5.74, 6) is -0.296. The van der Waals surface area contributed by atoms with Crippen molar-refractivity contribution in [2.45, 2.75) is 24.9 Å². The van der Waals surface area contributed by atoms with Gasteiger partial charge in [0.2, 0.25) is 0 Å². The van der Waals surface area contributed by atoms with E-state index in [1.54, 1.807) is 6.07 Å². The summed E-state index contributed by atoms with van der Waals surface area (Å²) in [5.41, 5.74) is 1.26. The number of hydrogen-bond donors (Lipinski definition) is 0. The van der Waals surface area contributed by atoms with E-state index in [0.717, 1.165) is 21.9 Å². The SMILES string of the molecule is O=C(OCc1ccccc1)C1=CC[C@@](C(=O)Oc2ccc3ccccc3c2)(c2ccccc2)C1. The van der Waals surface area contributed by atoms with Crippen molar-refractivity contribution < 1.29 is 19.1 Å². The largest absolute Gasteiger partial charge is 0.457 e. The third-order valence-electron chi connectivity index (χ3n) is 6.31. The molecule has 0 saturated carbocycles. The van der Waals surface area contributed by atoms with Crippen LogP contribution in [0.5, 0.6) is 5.75 Å². The number of fused-ring (bicyclic) bond motifs is 1. The fourth-order valence-corrected chi connectivity index (χ4v) is 4.42. The number of ether oxygens (including phenoxy) is 2. The summed E-state index contributed by atoms with van der Waals surface area (Å²) in [4.78, 5) is 26.4. The van der Waals surface area contributed by atoms with Gasteiger partial charge in [-0.1, -0.05) is 97.1 Å². The molecule has 0 aliphatic heterocycles. The highest BCUT2D eigenvalue weighted by molar-refractivity contribution is 5.95. The Bertz CT molecular complexity index is 1360. The first-order valence-corrected chi connectivity index (χ1v) is 11.3. The summed E-state index contributed by atoms with van der Waals surface area (Å²) in [6.45, 7) is 0.191. The molecule has 5 rings (SSSR count). The molecular formula is C30H24O4. The molecule has 1 aliphatic carbocycles. The second-order valence-corrected chi connectivity index (χ2v) is 8.52. The molecule has 0 amide bonds. The third-order valence-corrected chi connectivity index (χ3v) is 6.31. The molecule has 0 aromatic heterocycles. The van der Waals surface area contributed by atoms with Gasteiger partial charge in [-0.15, -0.1) is 0 Å². The zero-order valence-corrected chi connectivity index (χ0v) is 18.6. The summed E-state index contributed by atoms with van der Waals surface area (Å²) < 4.78 is 11.4. The van der Waals surface area contributed by atoms with Crippen LogP contribution in [0.2, 0.25) is 0 Å². The lowest BCUT2D eigenvalue weighted by molar-refractivity contribution is -0.141. The quantitative estimate of drug-likeness (QED) is 0.262. The lowest BCUT2D eigenvalue weighted by atomic mass is 9.77. The second kappa shape index (κ2) is 9.36. The highest BCUT2D eigenvalue weighted by atomic mass is 16.5. The number of allylic oxidation sites excluding steroid dienone is 1. The predicted octanol–water partition coefficient (Wildman–Crippen LogP) is 6.15. The second-order valence-electron chi connectivity index (χ2n) is 8.52. The molecule has 0 fully saturated rings. The Morgan fingerprint density at radius 3 is 2.21 bits per heavy atom. The van der Waals surface area contributed by atoms with E-state index in [2.05, 4.69) is 0 Å². The van der Waals surface area contributed by atoms with Gasteiger partial charge in [-0.3, -0.25) is 4.79 Å². The van der Waals surface area contributed by atoms with Crippen molar-refractivity contribution in [1.82, 2.24) is 0 Å². The lowest BCUT2D eigenvalue weighted by Crippen LogP contribution is -2.37. The van der Waals surface area contributed by atoms with Gasteiger partial charge >= 0.3 is 11.9 Å². The fourth-order valence-electron chi connectivity index (χ4n) is 4.42. The molecule has 34 heavy (non-hydrogen) atoms. The van der Waals surface area contributed by atoms with Crippen LogP contribution in [-0.2, 0) is 26.3 Å². The normalized spacial score (nSPS) is 17.2. The van der Waals surface area contributed by atoms with Gasteiger partial charge in [-0.2, -0.15) is 0 Å². The molecule has 0 heterocycles. The predicted molar refractivity (Wildman–Crippen MR) is 131 cm³/mol. The van der Waals surface area contributed by atoms with Gasteiger partial charge < -0.3 is 9.47 Å². The van der Waals surface area contributed by atoms with Crippen LogP contribution in [0.4, 0.5) is 0 Å². The Morgan fingerprint density at radius 2 is 1.44 bits per heavy atom. The van der Waals surface area contributed by atoms with Gasteiger partial charge in [0, 0.05) is 5.57 Å². The zero-order valence-electron chi connectivity index (χ0n) is 18.6. The van der Waals surface area contributed by atoms with Gasteiger partial charge in [0.25, 0.3) is 0 Å². The summed E-state index contributed by atoms with van der Waals surface area (Å²) in [7, 11) is 0. The molecule has 1 aliphatic rings. The minimum atomic E-state index is -0.978. The topological polar surface area (TPSA) is 52.6 Å². The van der Waals surface area contributed by atoms with Crippen molar-refractivity contribution in [1.29, 1.82) is 0 Å². The highest BCUT2D eigenvalue weighted by Gasteiger charge is 2.46. The Balaban J connectivity index is 1.37. The fraction of sp³-hybridized carbons (Fsp3) is 0.133. The molecule has 0 spiro atoms. The van der Waals surface area contributed by atoms with Crippen molar-refractivity contribution in [3.8, 4) is 5.75 Å². The molecule has 0 saturated heterocycles. The van der Waals surface area contributed by atoms with E-state index in [-0.39, 0.29) is 19.0 Å². The molecule has 4 nitrogen and oxygen atoms in total. The van der Waals surface area contributed by atoms with Gasteiger partial charge in [0.15, 0.2) is 0 Å². The maximum atomic E-state index is 13.6. The van der Waals surface area contributed by atoms with Gasteiger partial charge in [-0.25, -0.2) is 4.79 Å². The average Bonchev–Trinajstić information content (AvgIpc) is 3.35. The Hall–Kier alpha value is -4.18. The first-order valence-electron chi connectivity index (χ1n) is 11.3. The lowest BCUT2D eigenvalue weighted by Gasteiger charge is -2.27. The molecule has 1 atom stereocenters. The van der Waals surface area contributed by atoms with Crippen molar-refractivity contribution in [3.05, 3.63) is 126 Å². The minimum Gasteiger partial charge on any atom is -0.457 e. The maximum absolute atomic E-state index is 13.6. The van der Waals surface area contributed by atoms with E-state index in [1.807, 2.05) is 103 Å². The van der Waals surface area contributed by atoms with Gasteiger partial charge in [-0.05, 0) is 46.9 Å². The monoisotopic (exact) mass is 448 g/mol. The average molecular weight is 449 g/mol. The first kappa shape index (κ1) is 21.7. The summed E-state index contributed by atoms with van der Waals surface area (Å²) in [6, 6.07) is 32.6. The van der Waals surface area contributed by atoms with E-state index >= 15 is 0 Å². The van der Waals surface area contributed by atoms with E-state index in [4.69, 9.17) is 9.47 Å². The third kappa shape index (κ3) is 4.35. The molecule has 0 bridgehead atoms. The van der Waals surface area contributed by atoms with Gasteiger partial charge in [0.1, 0.15) is 17.8 Å². The van der Waals surface area contributed by atoms with Crippen LogP contribution in [0, 0.1) is 0 Å². The van der Waals surface area contributed by atoms with E-state index in [0.29, 0.717) is 17.7 Å². The number of carbonyl (C=O) groups is 2. The van der Waals surface area contributed by atoms with Crippen molar-refractivity contribution in [2.24, 2.45) is 0 Å². The summed E-state index contributed by atoms with van der Waals surface area (Å²) >= 11 is 0. The molecule has 4 aromatic carbocycles. The molecule has 4 aromatic rings. The summed E-state index contributed by atoms with van der Waals surface area (Å²) in [6.07, 6.45) is 2.41. The van der Waals surface area contributed by atoms with Crippen molar-refractivity contribution >= 4 is 22.7 Å². The van der Waals surface area contributed by atoms with E-state index in [1.165, 1.54) is 0 Å². The van der Waals surface area contributed by atoms with Crippen LogP contribution in [0.15, 0.2) is 115 Å². The Kier molecular flexibility index (Phi) is 5.96. The van der Waals surface area contributed by atoms with Crippen LogP contribution in [0.1, 0.15) is 24.0 Å². The maximum Gasteiger partial charge on any atom is 0.334 e. The van der Waals surface area contributed by atoms with Crippen molar-refractivity contribution in [3.63, 3.8) is 0 Å². The van der Waals surface area contributed by atoms with Crippen molar-refractivity contribution in [2.75, 3.05) is 0 Å². The number of hydrogen-bond acceptors (Lipinski definition) is 4. The molecule has 168 valence electrons. The van der Waals surface area contributed by atoms with E-state index < -0.39 is 11.4 Å². The van der Waals surface area contributed by atoms with Crippen LogP contribution >= 0.6 is 0 Å². The Morgan fingerprint density at radius 1 is 0.765 bits per heavy atom. The molecule has 0 unspecified atom stereocenters. The first-order chi connectivity index (χ1) is 16.6. The van der Waals surface area contributed by atoms with Crippen LogP contribution in [-0.4, -0.2) is 11.9 Å². The number of rotatable bonds is 6. The molecule has 4 heteroatoms. The van der Waals surface area contributed by atoms with Crippen LogP contribution in [0.3, 0.4) is 0 Å².